The Labute approximate surface area is 125 Å². The van der Waals surface area contributed by atoms with Crippen molar-refractivity contribution >= 4 is 5.82 Å². The molecule has 0 saturated heterocycles. The van der Waals surface area contributed by atoms with Crippen LogP contribution < -0.4 is 10.1 Å². The first-order chi connectivity index (χ1) is 10.0. The van der Waals surface area contributed by atoms with Gasteiger partial charge in [-0.1, -0.05) is 12.1 Å². The Morgan fingerprint density at radius 2 is 1.76 bits per heavy atom. The molecule has 2 N–H and O–H groups in total. The molecule has 1 aromatic heterocycles. The van der Waals surface area contributed by atoms with Crippen molar-refractivity contribution in [2.45, 2.75) is 33.9 Å². The van der Waals surface area contributed by atoms with Crippen LogP contribution in [0.25, 0.3) is 0 Å². The summed E-state index contributed by atoms with van der Waals surface area (Å²) < 4.78 is 5.08. The van der Waals surface area contributed by atoms with E-state index in [0.717, 1.165) is 28.2 Å². The molecule has 0 radical (unpaired) electrons. The first-order valence-corrected chi connectivity index (χ1v) is 6.87. The quantitative estimate of drug-likeness (QED) is 0.884. The summed E-state index contributed by atoms with van der Waals surface area (Å²) in [4.78, 5) is 8.44. The highest BCUT2D eigenvalue weighted by Gasteiger charge is 2.07. The standard InChI is InChI=1S/C16H21N3O2/c1-10-5-13(9-20)6-11(2)14(10)8-17-15-7-12(3)18-16(19-15)21-4/h5-7,20H,8-9H2,1-4H3,(H,17,18,19). The van der Waals surface area contributed by atoms with Gasteiger partial charge in [-0.25, -0.2) is 4.98 Å². The van der Waals surface area contributed by atoms with Gasteiger partial charge in [0.25, 0.3) is 0 Å². The number of aryl methyl sites for hydroxylation is 3. The van der Waals surface area contributed by atoms with E-state index in [1.54, 1.807) is 7.11 Å². The zero-order valence-electron chi connectivity index (χ0n) is 12.9. The number of benzene rings is 1. The Morgan fingerprint density at radius 3 is 2.33 bits per heavy atom. The number of nitrogens with zero attached hydrogens (tertiary/aromatic N) is 2. The van der Waals surface area contributed by atoms with E-state index in [2.05, 4.69) is 29.1 Å². The molecular formula is C16H21N3O2. The lowest BCUT2D eigenvalue weighted by atomic mass is 9.99. The number of aliphatic hydroxyl groups is 1. The van der Waals surface area contributed by atoms with Gasteiger partial charge in [-0.2, -0.15) is 4.98 Å². The van der Waals surface area contributed by atoms with Crippen LogP contribution in [0.2, 0.25) is 0 Å². The molecule has 0 aliphatic carbocycles. The molecule has 1 heterocycles. The SMILES string of the molecule is COc1nc(C)cc(NCc2c(C)cc(CO)cc2C)n1. The minimum Gasteiger partial charge on any atom is -0.467 e. The van der Waals surface area contributed by atoms with Crippen LogP contribution in [0.3, 0.4) is 0 Å². The molecule has 2 rings (SSSR count). The monoisotopic (exact) mass is 287 g/mol. The molecule has 5 heteroatoms. The number of anilines is 1. The Kier molecular flexibility index (Phi) is 4.75. The summed E-state index contributed by atoms with van der Waals surface area (Å²) in [5.41, 5.74) is 5.32. The van der Waals surface area contributed by atoms with Gasteiger partial charge in [0, 0.05) is 18.3 Å². The van der Waals surface area contributed by atoms with Gasteiger partial charge in [-0.3, -0.25) is 0 Å². The molecule has 5 nitrogen and oxygen atoms in total. The molecule has 112 valence electrons. The second-order valence-electron chi connectivity index (χ2n) is 5.10. The third-order valence-corrected chi connectivity index (χ3v) is 3.40. The number of rotatable bonds is 5. The number of hydrogen-bond acceptors (Lipinski definition) is 5. The summed E-state index contributed by atoms with van der Waals surface area (Å²) in [6.45, 7) is 6.74. The lowest BCUT2D eigenvalue weighted by molar-refractivity contribution is 0.281. The van der Waals surface area contributed by atoms with E-state index < -0.39 is 0 Å². The van der Waals surface area contributed by atoms with Crippen LogP contribution in [-0.2, 0) is 13.2 Å². The zero-order chi connectivity index (χ0) is 15.4. The first kappa shape index (κ1) is 15.3. The van der Waals surface area contributed by atoms with E-state index in [0.29, 0.717) is 12.6 Å². The van der Waals surface area contributed by atoms with Crippen molar-refractivity contribution < 1.29 is 9.84 Å². The zero-order valence-corrected chi connectivity index (χ0v) is 12.9. The maximum atomic E-state index is 9.23. The maximum Gasteiger partial charge on any atom is 0.318 e. The van der Waals surface area contributed by atoms with Gasteiger partial charge in [-0.05, 0) is 43.0 Å². The topological polar surface area (TPSA) is 67.3 Å². The summed E-state index contributed by atoms with van der Waals surface area (Å²) >= 11 is 0. The van der Waals surface area contributed by atoms with Crippen molar-refractivity contribution in [1.29, 1.82) is 0 Å². The van der Waals surface area contributed by atoms with E-state index in [1.165, 1.54) is 5.56 Å². The molecule has 0 bridgehead atoms. The van der Waals surface area contributed by atoms with E-state index >= 15 is 0 Å². The predicted octanol–water partition coefficient (Wildman–Crippen LogP) is 2.51. The Bertz CT molecular complexity index is 618. The summed E-state index contributed by atoms with van der Waals surface area (Å²) in [7, 11) is 1.56. The second kappa shape index (κ2) is 6.54. The van der Waals surface area contributed by atoms with Crippen LogP contribution in [0.1, 0.15) is 27.9 Å². The van der Waals surface area contributed by atoms with E-state index in [4.69, 9.17) is 4.74 Å². The maximum absolute atomic E-state index is 9.23. The van der Waals surface area contributed by atoms with Crippen molar-refractivity contribution in [2.24, 2.45) is 0 Å². The van der Waals surface area contributed by atoms with Crippen molar-refractivity contribution in [2.75, 3.05) is 12.4 Å². The Balaban J connectivity index is 2.18. The summed E-state index contributed by atoms with van der Waals surface area (Å²) in [5, 5.41) is 12.5. The minimum absolute atomic E-state index is 0.0672. The molecule has 21 heavy (non-hydrogen) atoms. The van der Waals surface area contributed by atoms with Gasteiger partial charge in [0.05, 0.1) is 13.7 Å². The van der Waals surface area contributed by atoms with Crippen molar-refractivity contribution in [3.05, 3.63) is 46.1 Å². The summed E-state index contributed by atoms with van der Waals surface area (Å²) in [6, 6.07) is 6.27. The molecule has 0 saturated carbocycles. The van der Waals surface area contributed by atoms with E-state index in [9.17, 15) is 5.11 Å². The lowest BCUT2D eigenvalue weighted by Gasteiger charge is -2.14. The Hall–Kier alpha value is -2.14. The van der Waals surface area contributed by atoms with Crippen LogP contribution in [0.15, 0.2) is 18.2 Å². The average Bonchev–Trinajstić information content (AvgIpc) is 2.45. The number of aromatic nitrogens is 2. The smallest absolute Gasteiger partial charge is 0.318 e. The van der Waals surface area contributed by atoms with Crippen molar-refractivity contribution in [3.63, 3.8) is 0 Å². The number of aliphatic hydroxyl groups excluding tert-OH is 1. The van der Waals surface area contributed by atoms with E-state index in [-0.39, 0.29) is 6.61 Å². The van der Waals surface area contributed by atoms with E-state index in [1.807, 2.05) is 25.1 Å². The van der Waals surface area contributed by atoms with Crippen LogP contribution in [-0.4, -0.2) is 22.2 Å². The number of ether oxygens (including phenoxy) is 1. The molecule has 0 atom stereocenters. The highest BCUT2D eigenvalue weighted by Crippen LogP contribution is 2.19. The normalized spacial score (nSPS) is 10.5. The van der Waals surface area contributed by atoms with Gasteiger partial charge in [0.2, 0.25) is 0 Å². The van der Waals surface area contributed by atoms with Gasteiger partial charge in [0.15, 0.2) is 0 Å². The Morgan fingerprint density at radius 1 is 1.10 bits per heavy atom. The molecule has 2 aromatic rings. The molecule has 0 unspecified atom stereocenters. The highest BCUT2D eigenvalue weighted by molar-refractivity contribution is 5.43. The largest absolute Gasteiger partial charge is 0.467 e. The number of methoxy groups -OCH3 is 1. The molecule has 1 aromatic carbocycles. The molecule has 0 fully saturated rings. The average molecular weight is 287 g/mol. The first-order valence-electron chi connectivity index (χ1n) is 6.87. The van der Waals surface area contributed by atoms with Crippen LogP contribution in [0.5, 0.6) is 6.01 Å². The minimum atomic E-state index is 0.0672. The fourth-order valence-corrected chi connectivity index (χ4v) is 2.36. The van der Waals surface area contributed by atoms with Gasteiger partial charge in [-0.15, -0.1) is 0 Å². The summed E-state index contributed by atoms with van der Waals surface area (Å²) in [6.07, 6.45) is 0. The predicted molar refractivity (Wildman–Crippen MR) is 82.5 cm³/mol. The second-order valence-corrected chi connectivity index (χ2v) is 5.10. The summed E-state index contributed by atoms with van der Waals surface area (Å²) in [5.74, 6) is 0.740. The number of nitrogens with one attached hydrogen (secondary N) is 1. The van der Waals surface area contributed by atoms with Gasteiger partial charge >= 0.3 is 6.01 Å². The fraction of sp³-hybridized carbons (Fsp3) is 0.375. The molecule has 0 aliphatic heterocycles. The molecule has 0 amide bonds. The molecule has 0 spiro atoms. The van der Waals surface area contributed by atoms with Gasteiger partial charge in [0.1, 0.15) is 5.82 Å². The molecular weight excluding hydrogens is 266 g/mol. The fourth-order valence-electron chi connectivity index (χ4n) is 2.36. The molecule has 0 aliphatic rings. The third kappa shape index (κ3) is 3.70. The lowest BCUT2D eigenvalue weighted by Crippen LogP contribution is -2.07. The van der Waals surface area contributed by atoms with Crippen LogP contribution in [0, 0.1) is 20.8 Å². The highest BCUT2D eigenvalue weighted by atomic mass is 16.5. The number of hydrogen-bond donors (Lipinski definition) is 2. The van der Waals surface area contributed by atoms with Crippen LogP contribution >= 0.6 is 0 Å². The van der Waals surface area contributed by atoms with Crippen molar-refractivity contribution in [1.82, 2.24) is 9.97 Å². The van der Waals surface area contributed by atoms with Crippen molar-refractivity contribution in [3.8, 4) is 6.01 Å². The third-order valence-electron chi connectivity index (χ3n) is 3.40. The van der Waals surface area contributed by atoms with Gasteiger partial charge < -0.3 is 15.2 Å². The van der Waals surface area contributed by atoms with Crippen LogP contribution in [0.4, 0.5) is 5.82 Å².